The molecule has 1 aliphatic rings. The third-order valence-corrected chi connectivity index (χ3v) is 4.93. The molecule has 1 fully saturated rings. The van der Waals surface area contributed by atoms with Crippen LogP contribution in [0.1, 0.15) is 61.5 Å². The molecule has 2 aromatic rings. The maximum atomic E-state index is 12.6. The van der Waals surface area contributed by atoms with Gasteiger partial charge in [-0.25, -0.2) is 9.67 Å². The summed E-state index contributed by atoms with van der Waals surface area (Å²) in [4.78, 5) is 16.9. The third-order valence-electron chi connectivity index (χ3n) is 4.93. The highest BCUT2D eigenvalue weighted by molar-refractivity contribution is 5.95. The minimum absolute atomic E-state index is 0.184. The molecule has 0 aliphatic heterocycles. The van der Waals surface area contributed by atoms with Gasteiger partial charge in [-0.1, -0.05) is 38.7 Å². The minimum atomic E-state index is -0.782. The van der Waals surface area contributed by atoms with Crippen molar-refractivity contribution in [2.45, 2.75) is 57.5 Å². The fraction of sp³-hybridized carbons (Fsp3) is 0.526. The van der Waals surface area contributed by atoms with E-state index in [1.54, 1.807) is 17.1 Å². The first kappa shape index (κ1) is 17.6. The minimum Gasteiger partial charge on any atom is -0.388 e. The summed E-state index contributed by atoms with van der Waals surface area (Å²) in [6.45, 7) is 2.29. The van der Waals surface area contributed by atoms with Crippen LogP contribution in [0, 0.1) is 0 Å². The first-order valence-corrected chi connectivity index (χ1v) is 9.12. The molecule has 1 aliphatic carbocycles. The van der Waals surface area contributed by atoms with Gasteiger partial charge in [0.15, 0.2) is 5.82 Å². The number of nitrogens with zero attached hydrogens (tertiary/aromatic N) is 3. The zero-order valence-electron chi connectivity index (χ0n) is 14.7. The Kier molecular flexibility index (Phi) is 5.48. The molecule has 1 amide bonds. The van der Waals surface area contributed by atoms with Crippen molar-refractivity contribution in [2.75, 3.05) is 6.54 Å². The van der Waals surface area contributed by atoms with Crippen LogP contribution in [-0.4, -0.2) is 37.9 Å². The van der Waals surface area contributed by atoms with Crippen LogP contribution in [0.5, 0.6) is 0 Å². The van der Waals surface area contributed by atoms with Gasteiger partial charge in [-0.2, -0.15) is 5.10 Å². The summed E-state index contributed by atoms with van der Waals surface area (Å²) in [5, 5.41) is 18.0. The molecule has 6 nitrogen and oxygen atoms in total. The molecule has 134 valence electrons. The molecule has 0 spiro atoms. The van der Waals surface area contributed by atoms with E-state index in [0.29, 0.717) is 24.3 Å². The smallest absolute Gasteiger partial charge is 0.254 e. The van der Waals surface area contributed by atoms with Crippen molar-refractivity contribution < 1.29 is 9.90 Å². The Hall–Kier alpha value is -2.21. The second-order valence-corrected chi connectivity index (χ2v) is 6.78. The van der Waals surface area contributed by atoms with Crippen LogP contribution in [0.4, 0.5) is 0 Å². The standard InChI is InChI=1S/C19H26N4O2/c1-2-16-15(13-22-23(16)17-9-5-8-12-20-17)18(24)21-14-19(25)10-6-3-4-7-11-19/h5,8-9,12-13,25H,2-4,6-7,10-11,14H2,1H3,(H,21,24). The van der Waals surface area contributed by atoms with E-state index in [4.69, 9.17) is 0 Å². The Bertz CT molecular complexity index is 703. The molecule has 25 heavy (non-hydrogen) atoms. The van der Waals surface area contributed by atoms with Gasteiger partial charge in [-0.05, 0) is 31.4 Å². The molecule has 0 atom stereocenters. The van der Waals surface area contributed by atoms with Crippen molar-refractivity contribution in [1.82, 2.24) is 20.1 Å². The molecule has 3 rings (SSSR count). The van der Waals surface area contributed by atoms with E-state index in [0.717, 1.165) is 44.2 Å². The quantitative estimate of drug-likeness (QED) is 0.819. The van der Waals surface area contributed by atoms with Crippen LogP contribution in [-0.2, 0) is 6.42 Å². The number of amides is 1. The SMILES string of the molecule is CCc1c(C(=O)NCC2(O)CCCCCC2)cnn1-c1ccccn1. The van der Waals surface area contributed by atoms with Gasteiger partial charge in [0.25, 0.3) is 5.91 Å². The Morgan fingerprint density at radius 2 is 2.04 bits per heavy atom. The summed E-state index contributed by atoms with van der Waals surface area (Å²) < 4.78 is 1.70. The normalized spacial score (nSPS) is 17.0. The Labute approximate surface area is 148 Å². The van der Waals surface area contributed by atoms with Crippen molar-refractivity contribution in [3.63, 3.8) is 0 Å². The summed E-state index contributed by atoms with van der Waals surface area (Å²) in [6, 6.07) is 5.60. The van der Waals surface area contributed by atoms with Gasteiger partial charge in [-0.3, -0.25) is 4.79 Å². The molecular weight excluding hydrogens is 316 g/mol. The first-order chi connectivity index (χ1) is 12.1. The number of pyridine rings is 1. The van der Waals surface area contributed by atoms with E-state index in [1.807, 2.05) is 25.1 Å². The molecule has 0 bridgehead atoms. The van der Waals surface area contributed by atoms with Gasteiger partial charge in [0.2, 0.25) is 0 Å². The van der Waals surface area contributed by atoms with Crippen LogP contribution < -0.4 is 5.32 Å². The van der Waals surface area contributed by atoms with Crippen LogP contribution in [0.2, 0.25) is 0 Å². The summed E-state index contributed by atoms with van der Waals surface area (Å²) in [6.07, 6.45) is 9.82. The molecule has 1 saturated carbocycles. The van der Waals surface area contributed by atoms with Gasteiger partial charge in [-0.15, -0.1) is 0 Å². The fourth-order valence-electron chi connectivity index (χ4n) is 3.48. The van der Waals surface area contributed by atoms with E-state index >= 15 is 0 Å². The second-order valence-electron chi connectivity index (χ2n) is 6.78. The lowest BCUT2D eigenvalue weighted by atomic mass is 9.94. The average molecular weight is 342 g/mol. The van der Waals surface area contributed by atoms with E-state index in [2.05, 4.69) is 15.4 Å². The monoisotopic (exact) mass is 342 g/mol. The van der Waals surface area contributed by atoms with Gasteiger partial charge >= 0.3 is 0 Å². The number of carbonyl (C=O) groups is 1. The predicted molar refractivity (Wildman–Crippen MR) is 95.7 cm³/mol. The topological polar surface area (TPSA) is 80.0 Å². The van der Waals surface area contributed by atoms with Crippen molar-refractivity contribution in [3.8, 4) is 5.82 Å². The van der Waals surface area contributed by atoms with Crippen molar-refractivity contribution in [1.29, 1.82) is 0 Å². The van der Waals surface area contributed by atoms with Crippen LogP contribution in [0.15, 0.2) is 30.6 Å². The highest BCUT2D eigenvalue weighted by atomic mass is 16.3. The lowest BCUT2D eigenvalue weighted by molar-refractivity contribution is 0.0246. The van der Waals surface area contributed by atoms with E-state index in [1.165, 1.54) is 0 Å². The molecule has 0 radical (unpaired) electrons. The summed E-state index contributed by atoms with van der Waals surface area (Å²) in [7, 11) is 0. The van der Waals surface area contributed by atoms with Crippen LogP contribution >= 0.6 is 0 Å². The number of hydrogen-bond donors (Lipinski definition) is 2. The first-order valence-electron chi connectivity index (χ1n) is 9.12. The zero-order chi connectivity index (χ0) is 17.7. The van der Waals surface area contributed by atoms with E-state index in [-0.39, 0.29) is 5.91 Å². The molecule has 0 saturated heterocycles. The molecule has 2 aromatic heterocycles. The van der Waals surface area contributed by atoms with E-state index < -0.39 is 5.60 Å². The number of nitrogens with one attached hydrogen (secondary N) is 1. The highest BCUT2D eigenvalue weighted by Gasteiger charge is 2.29. The zero-order valence-corrected chi connectivity index (χ0v) is 14.7. The van der Waals surface area contributed by atoms with Gasteiger partial charge < -0.3 is 10.4 Å². The number of hydrogen-bond acceptors (Lipinski definition) is 4. The average Bonchev–Trinajstić information content (AvgIpc) is 2.96. The van der Waals surface area contributed by atoms with Crippen molar-refractivity contribution in [2.24, 2.45) is 0 Å². The summed E-state index contributed by atoms with van der Waals surface area (Å²) in [5.74, 6) is 0.512. The number of carbonyl (C=O) groups excluding carboxylic acids is 1. The maximum absolute atomic E-state index is 12.6. The third kappa shape index (κ3) is 4.07. The fourth-order valence-corrected chi connectivity index (χ4v) is 3.48. The largest absolute Gasteiger partial charge is 0.388 e. The molecule has 6 heteroatoms. The van der Waals surface area contributed by atoms with Crippen molar-refractivity contribution in [3.05, 3.63) is 41.9 Å². The molecule has 0 aromatic carbocycles. The summed E-state index contributed by atoms with van der Waals surface area (Å²) >= 11 is 0. The lowest BCUT2D eigenvalue weighted by Gasteiger charge is -2.26. The predicted octanol–water partition coefficient (Wildman–Crippen LogP) is 2.64. The van der Waals surface area contributed by atoms with Gasteiger partial charge in [0, 0.05) is 12.7 Å². The van der Waals surface area contributed by atoms with Gasteiger partial charge in [0.05, 0.1) is 23.1 Å². The molecule has 2 heterocycles. The maximum Gasteiger partial charge on any atom is 0.254 e. The number of rotatable bonds is 5. The molecule has 2 N–H and O–H groups in total. The highest BCUT2D eigenvalue weighted by Crippen LogP contribution is 2.26. The van der Waals surface area contributed by atoms with Crippen LogP contribution in [0.25, 0.3) is 5.82 Å². The van der Waals surface area contributed by atoms with E-state index in [9.17, 15) is 9.90 Å². The Morgan fingerprint density at radius 3 is 2.68 bits per heavy atom. The summed E-state index contributed by atoms with van der Waals surface area (Å²) in [5.41, 5.74) is 0.588. The molecular formula is C19H26N4O2. The van der Waals surface area contributed by atoms with Gasteiger partial charge in [0.1, 0.15) is 0 Å². The Balaban J connectivity index is 1.73. The van der Waals surface area contributed by atoms with Crippen LogP contribution in [0.3, 0.4) is 0 Å². The Morgan fingerprint density at radius 1 is 1.28 bits per heavy atom. The van der Waals surface area contributed by atoms with Crippen molar-refractivity contribution >= 4 is 5.91 Å². The number of aliphatic hydroxyl groups is 1. The molecule has 0 unspecified atom stereocenters. The number of aromatic nitrogens is 3. The second kappa shape index (κ2) is 7.78. The lowest BCUT2D eigenvalue weighted by Crippen LogP contribution is -2.42.